The number of aliphatic imine (C=N–C) groups is 1. The van der Waals surface area contributed by atoms with Crippen molar-refractivity contribution in [2.24, 2.45) is 4.99 Å². The summed E-state index contributed by atoms with van der Waals surface area (Å²) in [5.74, 6) is -2.04. The van der Waals surface area contributed by atoms with Crippen LogP contribution in [0, 0.1) is 0 Å². The van der Waals surface area contributed by atoms with Crippen LogP contribution in [-0.4, -0.2) is 39.8 Å². The third-order valence-electron chi connectivity index (χ3n) is 3.90. The minimum absolute atomic E-state index is 0.140. The van der Waals surface area contributed by atoms with Crippen LogP contribution >= 0.6 is 23.1 Å². The number of thioether (sulfide) groups is 1. The summed E-state index contributed by atoms with van der Waals surface area (Å²) in [6.07, 6.45) is -0.140. The first-order valence-electron chi connectivity index (χ1n) is 8.54. The van der Waals surface area contributed by atoms with Gasteiger partial charge in [-0.2, -0.15) is 0 Å². The summed E-state index contributed by atoms with van der Waals surface area (Å²) in [5, 5.41) is 12.5. The molecule has 0 saturated carbocycles. The van der Waals surface area contributed by atoms with Gasteiger partial charge in [-0.25, -0.2) is 9.79 Å². The van der Waals surface area contributed by atoms with Gasteiger partial charge >= 0.3 is 5.97 Å². The van der Waals surface area contributed by atoms with Crippen molar-refractivity contribution in [3.05, 3.63) is 52.2 Å². The molecule has 0 aliphatic carbocycles. The molecule has 0 spiro atoms. The SMILES string of the molecule is CCOC(=O)c1ccc(N=C2S[C@H](C(=O)[O-])CC(=O)N2Cc2cccs2)cc1. The highest BCUT2D eigenvalue weighted by Crippen LogP contribution is 2.30. The molecule has 1 aromatic carbocycles. The first-order chi connectivity index (χ1) is 13.5. The molecule has 0 radical (unpaired) electrons. The molecule has 1 aliphatic heterocycles. The van der Waals surface area contributed by atoms with Gasteiger partial charge in [0.1, 0.15) is 0 Å². The summed E-state index contributed by atoms with van der Waals surface area (Å²) in [4.78, 5) is 42.5. The first-order valence-corrected chi connectivity index (χ1v) is 10.3. The zero-order chi connectivity index (χ0) is 20.1. The monoisotopic (exact) mass is 417 g/mol. The van der Waals surface area contributed by atoms with Gasteiger partial charge in [-0.05, 0) is 42.6 Å². The molecule has 1 atom stereocenters. The molecule has 1 amide bonds. The number of carboxylic acids is 1. The number of hydrogen-bond acceptors (Lipinski definition) is 8. The van der Waals surface area contributed by atoms with Crippen LogP contribution in [0.5, 0.6) is 0 Å². The number of amidine groups is 1. The van der Waals surface area contributed by atoms with E-state index >= 15 is 0 Å². The molecule has 1 aliphatic rings. The number of aliphatic carboxylic acids is 1. The number of esters is 1. The van der Waals surface area contributed by atoms with Crippen molar-refractivity contribution in [1.82, 2.24) is 4.90 Å². The summed E-state index contributed by atoms with van der Waals surface area (Å²) < 4.78 is 4.95. The molecule has 3 rings (SSSR count). The Morgan fingerprint density at radius 1 is 1.29 bits per heavy atom. The number of nitrogens with zero attached hydrogens (tertiary/aromatic N) is 2. The van der Waals surface area contributed by atoms with Crippen LogP contribution in [0.1, 0.15) is 28.6 Å². The molecule has 28 heavy (non-hydrogen) atoms. The molecular formula is C19H17N2O5S2-. The Labute approximate surface area is 170 Å². The Morgan fingerprint density at radius 2 is 2.04 bits per heavy atom. The molecule has 0 bridgehead atoms. The van der Waals surface area contributed by atoms with Crippen LogP contribution in [0.4, 0.5) is 5.69 Å². The van der Waals surface area contributed by atoms with Crippen LogP contribution < -0.4 is 5.11 Å². The topological polar surface area (TPSA) is 99.1 Å². The molecule has 1 saturated heterocycles. The highest BCUT2D eigenvalue weighted by Gasteiger charge is 2.32. The van der Waals surface area contributed by atoms with Gasteiger partial charge in [-0.3, -0.25) is 9.69 Å². The summed E-state index contributed by atoms with van der Waals surface area (Å²) >= 11 is 2.50. The average molecular weight is 417 g/mol. The van der Waals surface area contributed by atoms with Crippen molar-refractivity contribution >= 4 is 51.8 Å². The van der Waals surface area contributed by atoms with E-state index in [0.29, 0.717) is 23.0 Å². The molecule has 1 fully saturated rings. The van der Waals surface area contributed by atoms with Crippen molar-refractivity contribution in [2.45, 2.75) is 25.1 Å². The molecular weight excluding hydrogens is 400 g/mol. The van der Waals surface area contributed by atoms with Crippen LogP contribution in [-0.2, 0) is 20.9 Å². The second-order valence-electron chi connectivity index (χ2n) is 5.85. The van der Waals surface area contributed by atoms with Gasteiger partial charge in [0, 0.05) is 11.3 Å². The van der Waals surface area contributed by atoms with Crippen LogP contribution in [0.25, 0.3) is 0 Å². The Morgan fingerprint density at radius 3 is 2.64 bits per heavy atom. The van der Waals surface area contributed by atoms with Crippen molar-refractivity contribution in [3.63, 3.8) is 0 Å². The Kier molecular flexibility index (Phi) is 6.48. The lowest BCUT2D eigenvalue weighted by atomic mass is 10.2. The van der Waals surface area contributed by atoms with E-state index in [1.807, 2.05) is 17.5 Å². The lowest BCUT2D eigenvalue weighted by molar-refractivity contribution is -0.304. The van der Waals surface area contributed by atoms with E-state index in [0.717, 1.165) is 16.6 Å². The van der Waals surface area contributed by atoms with E-state index in [9.17, 15) is 19.5 Å². The van der Waals surface area contributed by atoms with E-state index < -0.39 is 17.2 Å². The highest BCUT2D eigenvalue weighted by atomic mass is 32.2. The summed E-state index contributed by atoms with van der Waals surface area (Å²) in [6.45, 7) is 2.33. The summed E-state index contributed by atoms with van der Waals surface area (Å²) in [6, 6.07) is 10.2. The van der Waals surface area contributed by atoms with Crippen LogP contribution in [0.15, 0.2) is 46.8 Å². The number of ether oxygens (including phenoxy) is 1. The second kappa shape index (κ2) is 9.03. The van der Waals surface area contributed by atoms with E-state index in [2.05, 4.69) is 4.99 Å². The lowest BCUT2D eigenvalue weighted by Gasteiger charge is -2.32. The molecule has 0 N–H and O–H groups in total. The van der Waals surface area contributed by atoms with Gasteiger partial charge in [0.05, 0.1) is 35.6 Å². The van der Waals surface area contributed by atoms with Crippen molar-refractivity contribution < 1.29 is 24.2 Å². The summed E-state index contributed by atoms with van der Waals surface area (Å²) in [7, 11) is 0. The van der Waals surface area contributed by atoms with Crippen LogP contribution in [0.2, 0.25) is 0 Å². The number of rotatable bonds is 6. The zero-order valence-corrected chi connectivity index (χ0v) is 16.6. The Balaban J connectivity index is 1.87. The van der Waals surface area contributed by atoms with Gasteiger partial charge in [0.25, 0.3) is 0 Å². The van der Waals surface area contributed by atoms with E-state index in [-0.39, 0.29) is 18.9 Å². The fraction of sp³-hybridized carbons (Fsp3) is 0.263. The molecule has 1 aromatic heterocycles. The number of carbonyl (C=O) groups is 3. The first kappa shape index (κ1) is 20.1. The number of hydrogen-bond donors (Lipinski definition) is 0. The highest BCUT2D eigenvalue weighted by molar-refractivity contribution is 8.15. The van der Waals surface area contributed by atoms with E-state index in [1.165, 1.54) is 16.2 Å². The predicted molar refractivity (Wildman–Crippen MR) is 105 cm³/mol. The maximum Gasteiger partial charge on any atom is 0.338 e. The molecule has 0 unspecified atom stereocenters. The van der Waals surface area contributed by atoms with Crippen molar-refractivity contribution in [2.75, 3.05) is 6.61 Å². The summed E-state index contributed by atoms with van der Waals surface area (Å²) in [5.41, 5.74) is 0.889. The molecule has 146 valence electrons. The Hall–Kier alpha value is -2.65. The van der Waals surface area contributed by atoms with E-state index in [4.69, 9.17) is 4.74 Å². The van der Waals surface area contributed by atoms with Gasteiger partial charge in [-0.15, -0.1) is 11.3 Å². The largest absolute Gasteiger partial charge is 0.549 e. The zero-order valence-electron chi connectivity index (χ0n) is 15.0. The quantitative estimate of drug-likeness (QED) is 0.668. The number of amides is 1. The number of carbonyl (C=O) groups excluding carboxylic acids is 3. The molecule has 2 heterocycles. The van der Waals surface area contributed by atoms with Crippen LogP contribution in [0.3, 0.4) is 0 Å². The van der Waals surface area contributed by atoms with E-state index in [1.54, 1.807) is 31.2 Å². The smallest absolute Gasteiger partial charge is 0.338 e. The minimum atomic E-state index is -1.29. The predicted octanol–water partition coefficient (Wildman–Crippen LogP) is 2.20. The maximum absolute atomic E-state index is 12.5. The Bertz CT molecular complexity index is 894. The number of thiophene rings is 1. The van der Waals surface area contributed by atoms with Gasteiger partial charge in [0.15, 0.2) is 5.17 Å². The molecule has 2 aromatic rings. The molecule has 7 nitrogen and oxygen atoms in total. The number of benzene rings is 1. The van der Waals surface area contributed by atoms with Crippen molar-refractivity contribution in [1.29, 1.82) is 0 Å². The third kappa shape index (κ3) is 4.79. The van der Waals surface area contributed by atoms with Gasteiger partial charge < -0.3 is 14.6 Å². The van der Waals surface area contributed by atoms with Gasteiger partial charge in [0.2, 0.25) is 5.91 Å². The van der Waals surface area contributed by atoms with Gasteiger partial charge in [-0.1, -0.05) is 17.8 Å². The number of carboxylic acid groups (broad SMARTS) is 1. The second-order valence-corrected chi connectivity index (χ2v) is 8.05. The lowest BCUT2D eigenvalue weighted by Crippen LogP contribution is -2.46. The standard InChI is InChI=1S/C19H18N2O5S2/c1-2-26-18(25)12-5-7-13(8-6-12)20-19-21(11-14-4-3-9-27-14)16(22)10-15(28-19)17(23)24/h3-9,15H,2,10-11H2,1H3,(H,23,24)/p-1/t15-/m0/s1. The molecule has 9 heteroatoms. The fourth-order valence-corrected chi connectivity index (χ4v) is 4.26. The fourth-order valence-electron chi connectivity index (χ4n) is 2.54. The maximum atomic E-state index is 12.5. The average Bonchev–Trinajstić information content (AvgIpc) is 3.18. The van der Waals surface area contributed by atoms with Crippen molar-refractivity contribution in [3.8, 4) is 0 Å². The third-order valence-corrected chi connectivity index (χ3v) is 5.93. The minimum Gasteiger partial charge on any atom is -0.549 e. The normalized spacial score (nSPS) is 18.3.